The maximum absolute atomic E-state index is 11.9. The highest BCUT2D eigenvalue weighted by Gasteiger charge is 2.09. The molecule has 0 unspecified atom stereocenters. The molecule has 1 N–H and O–H groups in total. The highest BCUT2D eigenvalue weighted by molar-refractivity contribution is 7.09. The van der Waals surface area contributed by atoms with Crippen molar-refractivity contribution in [3.63, 3.8) is 0 Å². The molecule has 2 rings (SSSR count). The van der Waals surface area contributed by atoms with E-state index in [1.807, 2.05) is 54.9 Å². The first-order valence-corrected chi connectivity index (χ1v) is 6.69. The van der Waals surface area contributed by atoms with Gasteiger partial charge in [-0.1, -0.05) is 24.3 Å². The lowest BCUT2D eigenvalue weighted by Gasteiger charge is -2.17. The molecule has 0 fully saturated rings. The van der Waals surface area contributed by atoms with Crippen LogP contribution in [0.1, 0.15) is 4.88 Å². The van der Waals surface area contributed by atoms with Crippen molar-refractivity contribution < 1.29 is 4.79 Å². The normalized spacial score (nSPS) is 10.1. The van der Waals surface area contributed by atoms with Crippen LogP contribution in [0.2, 0.25) is 0 Å². The molecule has 18 heavy (non-hydrogen) atoms. The highest BCUT2D eigenvalue weighted by Crippen LogP contribution is 2.11. The van der Waals surface area contributed by atoms with Crippen molar-refractivity contribution in [3.05, 3.63) is 52.7 Å². The lowest BCUT2D eigenvalue weighted by Crippen LogP contribution is -2.31. The predicted molar refractivity (Wildman–Crippen MR) is 75.7 cm³/mol. The van der Waals surface area contributed by atoms with Crippen LogP contribution in [-0.2, 0) is 11.3 Å². The maximum atomic E-state index is 11.9. The summed E-state index contributed by atoms with van der Waals surface area (Å²) < 4.78 is 0. The van der Waals surface area contributed by atoms with Gasteiger partial charge in [-0.05, 0) is 23.6 Å². The second kappa shape index (κ2) is 6.21. The largest absolute Gasteiger partial charge is 0.376 e. The standard InChI is InChI=1S/C14H16N2OS/c1-16(11-13-8-5-9-18-13)14(17)10-15-12-6-3-2-4-7-12/h2-9,15H,10-11H2,1H3. The van der Waals surface area contributed by atoms with Gasteiger partial charge in [0.2, 0.25) is 5.91 Å². The summed E-state index contributed by atoms with van der Waals surface area (Å²) in [4.78, 5) is 14.8. The average molecular weight is 260 g/mol. The minimum atomic E-state index is 0.0900. The summed E-state index contributed by atoms with van der Waals surface area (Å²) in [6.07, 6.45) is 0. The number of benzene rings is 1. The Morgan fingerprint density at radius 1 is 1.22 bits per heavy atom. The fourth-order valence-corrected chi connectivity index (χ4v) is 2.35. The molecule has 0 aliphatic heterocycles. The van der Waals surface area contributed by atoms with Crippen LogP contribution in [-0.4, -0.2) is 24.4 Å². The summed E-state index contributed by atoms with van der Waals surface area (Å²) in [5, 5.41) is 5.14. The summed E-state index contributed by atoms with van der Waals surface area (Å²) in [5.41, 5.74) is 0.968. The van der Waals surface area contributed by atoms with Crippen LogP contribution < -0.4 is 5.32 Å². The van der Waals surface area contributed by atoms with Gasteiger partial charge in [-0.3, -0.25) is 4.79 Å². The SMILES string of the molecule is CN(Cc1cccs1)C(=O)CNc1ccccc1. The third kappa shape index (κ3) is 3.60. The van der Waals surface area contributed by atoms with Gasteiger partial charge in [0.25, 0.3) is 0 Å². The zero-order chi connectivity index (χ0) is 12.8. The number of nitrogens with zero attached hydrogens (tertiary/aromatic N) is 1. The van der Waals surface area contributed by atoms with E-state index in [-0.39, 0.29) is 5.91 Å². The van der Waals surface area contributed by atoms with Crippen molar-refractivity contribution in [3.8, 4) is 0 Å². The Balaban J connectivity index is 1.81. The molecule has 4 heteroatoms. The van der Waals surface area contributed by atoms with Gasteiger partial charge in [0.15, 0.2) is 0 Å². The van der Waals surface area contributed by atoms with Crippen molar-refractivity contribution in [2.24, 2.45) is 0 Å². The van der Waals surface area contributed by atoms with E-state index in [0.717, 1.165) is 5.69 Å². The number of carbonyl (C=O) groups excluding carboxylic acids is 1. The first-order valence-electron chi connectivity index (χ1n) is 5.81. The number of carbonyl (C=O) groups is 1. The number of nitrogens with one attached hydrogen (secondary N) is 1. The predicted octanol–water partition coefficient (Wildman–Crippen LogP) is 2.82. The number of thiophene rings is 1. The summed E-state index contributed by atoms with van der Waals surface area (Å²) in [6.45, 7) is 0.999. The number of anilines is 1. The van der Waals surface area contributed by atoms with E-state index in [4.69, 9.17) is 0 Å². The van der Waals surface area contributed by atoms with Gasteiger partial charge in [-0.25, -0.2) is 0 Å². The highest BCUT2D eigenvalue weighted by atomic mass is 32.1. The minimum absolute atomic E-state index is 0.0900. The molecule has 2 aromatic rings. The number of rotatable bonds is 5. The van der Waals surface area contributed by atoms with Crippen molar-refractivity contribution in [1.29, 1.82) is 0 Å². The fourth-order valence-electron chi connectivity index (χ4n) is 1.59. The zero-order valence-corrected chi connectivity index (χ0v) is 11.1. The monoisotopic (exact) mass is 260 g/mol. The molecule has 0 saturated heterocycles. The molecule has 0 aliphatic carbocycles. The van der Waals surface area contributed by atoms with Gasteiger partial charge in [0.05, 0.1) is 13.1 Å². The molecule has 0 radical (unpaired) electrons. The van der Waals surface area contributed by atoms with E-state index < -0.39 is 0 Å². The average Bonchev–Trinajstić information content (AvgIpc) is 2.90. The van der Waals surface area contributed by atoms with E-state index >= 15 is 0 Å². The Morgan fingerprint density at radius 2 is 2.00 bits per heavy atom. The van der Waals surface area contributed by atoms with Crippen LogP contribution in [0.15, 0.2) is 47.8 Å². The van der Waals surface area contributed by atoms with E-state index in [2.05, 4.69) is 5.32 Å². The van der Waals surface area contributed by atoms with Crippen molar-refractivity contribution in [2.45, 2.75) is 6.54 Å². The lowest BCUT2D eigenvalue weighted by molar-refractivity contribution is -0.128. The summed E-state index contributed by atoms with van der Waals surface area (Å²) >= 11 is 1.67. The molecule has 0 saturated carbocycles. The minimum Gasteiger partial charge on any atom is -0.376 e. The summed E-state index contributed by atoms with van der Waals surface area (Å²) in [7, 11) is 1.83. The van der Waals surface area contributed by atoms with Crippen LogP contribution in [0.25, 0.3) is 0 Å². The zero-order valence-electron chi connectivity index (χ0n) is 10.3. The van der Waals surface area contributed by atoms with Gasteiger partial charge >= 0.3 is 0 Å². The van der Waals surface area contributed by atoms with Gasteiger partial charge in [0, 0.05) is 17.6 Å². The van der Waals surface area contributed by atoms with Crippen LogP contribution >= 0.6 is 11.3 Å². The number of amides is 1. The van der Waals surface area contributed by atoms with E-state index in [1.54, 1.807) is 16.2 Å². The second-order valence-corrected chi connectivity index (χ2v) is 5.08. The molecular formula is C14H16N2OS. The Bertz CT molecular complexity index is 482. The van der Waals surface area contributed by atoms with E-state index in [9.17, 15) is 4.79 Å². The number of hydrogen-bond acceptors (Lipinski definition) is 3. The van der Waals surface area contributed by atoms with E-state index in [0.29, 0.717) is 13.1 Å². The second-order valence-electron chi connectivity index (χ2n) is 4.05. The molecule has 94 valence electrons. The Hall–Kier alpha value is -1.81. The first-order chi connectivity index (χ1) is 8.75. The third-order valence-corrected chi connectivity index (χ3v) is 3.48. The van der Waals surface area contributed by atoms with Crippen LogP contribution in [0, 0.1) is 0 Å². The van der Waals surface area contributed by atoms with Gasteiger partial charge in [0.1, 0.15) is 0 Å². The molecule has 0 bridgehead atoms. The van der Waals surface area contributed by atoms with Crippen molar-refractivity contribution >= 4 is 22.9 Å². The lowest BCUT2D eigenvalue weighted by atomic mass is 10.3. The van der Waals surface area contributed by atoms with Gasteiger partial charge < -0.3 is 10.2 Å². The van der Waals surface area contributed by atoms with Crippen LogP contribution in [0.4, 0.5) is 5.69 Å². The molecule has 0 spiro atoms. The Labute approximate surface area is 111 Å². The van der Waals surface area contributed by atoms with Crippen LogP contribution in [0.3, 0.4) is 0 Å². The molecule has 0 aliphatic rings. The van der Waals surface area contributed by atoms with Crippen molar-refractivity contribution in [1.82, 2.24) is 4.90 Å². The number of hydrogen-bond donors (Lipinski definition) is 1. The number of likely N-dealkylation sites (N-methyl/N-ethyl adjacent to an activating group) is 1. The fraction of sp³-hybridized carbons (Fsp3) is 0.214. The van der Waals surface area contributed by atoms with Crippen LogP contribution in [0.5, 0.6) is 0 Å². The van der Waals surface area contributed by atoms with Gasteiger partial charge in [-0.2, -0.15) is 0 Å². The molecule has 1 aromatic heterocycles. The quantitative estimate of drug-likeness (QED) is 0.896. The van der Waals surface area contributed by atoms with E-state index in [1.165, 1.54) is 4.88 Å². The number of para-hydroxylation sites is 1. The smallest absolute Gasteiger partial charge is 0.241 e. The molecule has 3 nitrogen and oxygen atoms in total. The first kappa shape index (κ1) is 12.6. The molecule has 1 heterocycles. The Kier molecular flexibility index (Phi) is 4.36. The van der Waals surface area contributed by atoms with Gasteiger partial charge in [-0.15, -0.1) is 11.3 Å². The summed E-state index contributed by atoms with van der Waals surface area (Å²) in [6, 6.07) is 13.8. The topological polar surface area (TPSA) is 32.3 Å². The van der Waals surface area contributed by atoms with Crippen molar-refractivity contribution in [2.75, 3.05) is 18.9 Å². The molecule has 0 atom stereocenters. The Morgan fingerprint density at radius 3 is 2.67 bits per heavy atom. The molecule has 1 aromatic carbocycles. The molecular weight excluding hydrogens is 244 g/mol. The third-order valence-electron chi connectivity index (χ3n) is 2.62. The maximum Gasteiger partial charge on any atom is 0.241 e. The molecule has 1 amide bonds. The summed E-state index contributed by atoms with van der Waals surface area (Å²) in [5.74, 6) is 0.0900.